The zero-order valence-corrected chi connectivity index (χ0v) is 4.51. The van der Waals surface area contributed by atoms with Crippen LogP contribution in [0.5, 0.6) is 0 Å². The standard InChI is InChI=1S/C5H10O3/c1-3-5(7,8)4(2)6/h7-8H,3H2,1-2H3/i1D,3D2. The van der Waals surface area contributed by atoms with Gasteiger partial charge < -0.3 is 10.2 Å². The molecular formula is C5H10O3. The molecular weight excluding hydrogens is 108 g/mol. The largest absolute Gasteiger partial charge is 0.360 e. The third-order valence-electron chi connectivity index (χ3n) is 0.737. The molecule has 48 valence electrons. The first-order valence-corrected chi connectivity index (χ1v) is 2.00. The van der Waals surface area contributed by atoms with Crippen molar-refractivity contribution in [1.82, 2.24) is 0 Å². The second-order valence-electron chi connectivity index (χ2n) is 1.41. The van der Waals surface area contributed by atoms with Crippen LogP contribution >= 0.6 is 0 Å². The highest BCUT2D eigenvalue weighted by Crippen LogP contribution is 2.04. The van der Waals surface area contributed by atoms with Gasteiger partial charge >= 0.3 is 0 Å². The average Bonchev–Trinajstić information content (AvgIpc) is 1.87. The van der Waals surface area contributed by atoms with Crippen LogP contribution in [0.15, 0.2) is 0 Å². The predicted octanol–water partition coefficient (Wildman–Crippen LogP) is -0.334. The maximum absolute atomic E-state index is 10.4. The minimum Gasteiger partial charge on any atom is -0.360 e. The summed E-state index contributed by atoms with van der Waals surface area (Å²) in [6.07, 6.45) is -2.61. The van der Waals surface area contributed by atoms with Gasteiger partial charge in [0.1, 0.15) is 0 Å². The van der Waals surface area contributed by atoms with Gasteiger partial charge in [-0.3, -0.25) is 4.79 Å². The Morgan fingerprint density at radius 3 is 2.62 bits per heavy atom. The van der Waals surface area contributed by atoms with Gasteiger partial charge in [-0.15, -0.1) is 0 Å². The number of rotatable bonds is 2. The second-order valence-corrected chi connectivity index (χ2v) is 1.41. The maximum Gasteiger partial charge on any atom is 0.223 e. The summed E-state index contributed by atoms with van der Waals surface area (Å²) in [4.78, 5) is 10.4. The van der Waals surface area contributed by atoms with Crippen LogP contribution in [0.25, 0.3) is 0 Å². The molecule has 0 saturated carbocycles. The van der Waals surface area contributed by atoms with E-state index >= 15 is 0 Å². The van der Waals surface area contributed by atoms with Crippen molar-refractivity contribution < 1.29 is 19.1 Å². The molecule has 0 aromatic rings. The molecule has 3 nitrogen and oxygen atoms in total. The zero-order valence-electron chi connectivity index (χ0n) is 7.51. The Morgan fingerprint density at radius 2 is 2.50 bits per heavy atom. The van der Waals surface area contributed by atoms with E-state index in [2.05, 4.69) is 0 Å². The van der Waals surface area contributed by atoms with Crippen molar-refractivity contribution in [3.63, 3.8) is 0 Å². The van der Waals surface area contributed by atoms with Crippen molar-refractivity contribution in [2.24, 2.45) is 0 Å². The molecule has 0 fully saturated rings. The van der Waals surface area contributed by atoms with Crippen LogP contribution in [0.2, 0.25) is 0 Å². The molecule has 0 radical (unpaired) electrons. The van der Waals surface area contributed by atoms with E-state index in [0.717, 1.165) is 6.92 Å². The fourth-order valence-corrected chi connectivity index (χ4v) is 0.124. The first-order valence-electron chi connectivity index (χ1n) is 3.71. The van der Waals surface area contributed by atoms with E-state index < -0.39 is 24.8 Å². The topological polar surface area (TPSA) is 57.5 Å². The highest BCUT2D eigenvalue weighted by Gasteiger charge is 2.25. The van der Waals surface area contributed by atoms with Crippen LogP contribution in [0, 0.1) is 0 Å². The zero-order chi connectivity index (χ0) is 9.28. The van der Waals surface area contributed by atoms with E-state index in [4.69, 9.17) is 14.3 Å². The van der Waals surface area contributed by atoms with Gasteiger partial charge in [0.15, 0.2) is 5.78 Å². The summed E-state index contributed by atoms with van der Waals surface area (Å²) in [5.41, 5.74) is 0. The summed E-state index contributed by atoms with van der Waals surface area (Å²) in [7, 11) is 0. The molecule has 0 spiro atoms. The highest BCUT2D eigenvalue weighted by molar-refractivity contribution is 5.82. The summed E-state index contributed by atoms with van der Waals surface area (Å²) < 4.78 is 20.3. The summed E-state index contributed by atoms with van der Waals surface area (Å²) in [6.45, 7) is -0.0208. The Bertz CT molecular complexity index is 166. The molecule has 0 aromatic heterocycles. The molecule has 8 heavy (non-hydrogen) atoms. The van der Waals surface area contributed by atoms with E-state index in [1.165, 1.54) is 0 Å². The number of carbonyl (C=O) groups is 1. The van der Waals surface area contributed by atoms with Gasteiger partial charge in [-0.05, 0) is 0 Å². The van der Waals surface area contributed by atoms with Crippen molar-refractivity contribution in [1.29, 1.82) is 0 Å². The SMILES string of the molecule is [2H]CC([2H])([2H])C(O)(O)C(C)=O. The molecule has 3 heteroatoms. The minimum atomic E-state index is -3.05. The quantitative estimate of drug-likeness (QED) is 0.492. The van der Waals surface area contributed by atoms with Gasteiger partial charge in [-0.25, -0.2) is 0 Å². The molecule has 0 aliphatic heterocycles. The molecule has 0 aliphatic rings. The Labute approximate surface area is 52.2 Å². The average molecular weight is 121 g/mol. The van der Waals surface area contributed by atoms with E-state index in [9.17, 15) is 4.79 Å². The first-order chi connectivity index (χ1) is 4.75. The van der Waals surface area contributed by atoms with E-state index in [0.29, 0.717) is 0 Å². The van der Waals surface area contributed by atoms with Gasteiger partial charge in [0.25, 0.3) is 0 Å². The van der Waals surface area contributed by atoms with Crippen molar-refractivity contribution in [2.75, 3.05) is 0 Å². The van der Waals surface area contributed by atoms with E-state index in [1.807, 2.05) is 0 Å². The lowest BCUT2D eigenvalue weighted by Gasteiger charge is -2.13. The number of hydrogen-bond donors (Lipinski definition) is 2. The Kier molecular flexibility index (Phi) is 1.00. The fraction of sp³-hybridized carbons (Fsp3) is 0.800. The highest BCUT2D eigenvalue weighted by atomic mass is 16.5. The third-order valence-corrected chi connectivity index (χ3v) is 0.737. The minimum absolute atomic E-state index is 0.855. The Morgan fingerprint density at radius 1 is 2.00 bits per heavy atom. The van der Waals surface area contributed by atoms with E-state index in [1.54, 1.807) is 0 Å². The van der Waals surface area contributed by atoms with Crippen LogP contribution < -0.4 is 0 Å². The van der Waals surface area contributed by atoms with Crippen LogP contribution in [0.1, 0.15) is 24.3 Å². The molecule has 0 amide bonds. The van der Waals surface area contributed by atoms with Crippen molar-refractivity contribution in [3.05, 3.63) is 0 Å². The number of Topliss-reactive ketones (excluding diaryl/α,β-unsaturated/α-hetero) is 1. The van der Waals surface area contributed by atoms with Gasteiger partial charge in [-0.2, -0.15) is 0 Å². The lowest BCUT2D eigenvalue weighted by Crippen LogP contribution is -2.35. The molecule has 0 aromatic carbocycles. The third kappa shape index (κ3) is 1.60. The van der Waals surface area contributed by atoms with Gasteiger partial charge in [0.05, 0.1) is 0 Å². The lowest BCUT2D eigenvalue weighted by atomic mass is 10.1. The van der Waals surface area contributed by atoms with Gasteiger partial charge in [0.2, 0.25) is 5.79 Å². The van der Waals surface area contributed by atoms with Gasteiger partial charge in [-0.1, -0.05) is 6.90 Å². The number of aliphatic hydroxyl groups is 2. The Hall–Kier alpha value is -0.410. The lowest BCUT2D eigenvalue weighted by molar-refractivity contribution is -0.181. The van der Waals surface area contributed by atoms with Gasteiger partial charge in [0, 0.05) is 17.4 Å². The van der Waals surface area contributed by atoms with Crippen molar-refractivity contribution in [2.45, 2.75) is 26.0 Å². The summed E-state index contributed by atoms with van der Waals surface area (Å²) in [5, 5.41) is 17.7. The number of hydrogen-bond acceptors (Lipinski definition) is 3. The normalized spacial score (nSPS) is 18.6. The van der Waals surface area contributed by atoms with Crippen molar-refractivity contribution >= 4 is 5.78 Å². The monoisotopic (exact) mass is 121 g/mol. The smallest absolute Gasteiger partial charge is 0.223 e. The predicted molar refractivity (Wildman–Crippen MR) is 28.1 cm³/mol. The molecule has 0 bridgehead atoms. The summed E-state index contributed by atoms with van der Waals surface area (Å²) in [6, 6.07) is 0. The van der Waals surface area contributed by atoms with Crippen molar-refractivity contribution in [3.8, 4) is 0 Å². The molecule has 0 saturated heterocycles. The molecule has 0 aliphatic carbocycles. The number of carbonyl (C=O) groups excluding carboxylic acids is 1. The second kappa shape index (κ2) is 2.24. The van der Waals surface area contributed by atoms with E-state index in [-0.39, 0.29) is 0 Å². The summed E-state index contributed by atoms with van der Waals surface area (Å²) in [5.74, 6) is -4.15. The fourth-order valence-electron chi connectivity index (χ4n) is 0.124. The molecule has 2 N–H and O–H groups in total. The number of ketones is 1. The first kappa shape index (κ1) is 3.58. The van der Waals surface area contributed by atoms with Crippen LogP contribution in [0.3, 0.4) is 0 Å². The Balaban J connectivity index is 4.67. The molecule has 0 unspecified atom stereocenters. The molecule has 0 atom stereocenters. The summed E-state index contributed by atoms with van der Waals surface area (Å²) >= 11 is 0. The maximum atomic E-state index is 10.4. The van der Waals surface area contributed by atoms with Crippen LogP contribution in [-0.4, -0.2) is 21.8 Å². The van der Waals surface area contributed by atoms with Crippen LogP contribution in [-0.2, 0) is 4.79 Å². The van der Waals surface area contributed by atoms with Crippen LogP contribution in [0.4, 0.5) is 0 Å². The molecule has 0 heterocycles. The molecule has 0 rings (SSSR count).